The molecule has 3 nitrogen and oxygen atoms in total. The van der Waals surface area contributed by atoms with Crippen LogP contribution in [0.4, 0.5) is 0 Å². The minimum atomic E-state index is -0.618. The molecule has 0 N–H and O–H groups in total. The van der Waals surface area contributed by atoms with E-state index in [0.29, 0.717) is 0 Å². The third kappa shape index (κ3) is 2.66. The quantitative estimate of drug-likeness (QED) is 0.393. The highest BCUT2D eigenvalue weighted by Crippen LogP contribution is 1.85. The molecule has 0 aliphatic carbocycles. The Hall–Kier alpha value is -0.475. The van der Waals surface area contributed by atoms with Gasteiger partial charge in [0.1, 0.15) is 0 Å². The van der Waals surface area contributed by atoms with Gasteiger partial charge in [-0.05, 0) is 0 Å². The van der Waals surface area contributed by atoms with Gasteiger partial charge in [-0.3, -0.25) is 0 Å². The third-order valence-corrected chi connectivity index (χ3v) is 0.592. The Kier molecular flexibility index (Phi) is 4.40. The van der Waals surface area contributed by atoms with E-state index in [1.165, 1.54) is 20.5 Å². The Labute approximate surface area is 49.4 Å². The van der Waals surface area contributed by atoms with Crippen molar-refractivity contribution in [3.8, 4) is 0 Å². The predicted molar refractivity (Wildman–Crippen MR) is 31.1 cm³/mol. The summed E-state index contributed by atoms with van der Waals surface area (Å²) in [7, 11) is 2.35. The lowest BCUT2D eigenvalue weighted by Crippen LogP contribution is -2.20. The summed E-state index contributed by atoms with van der Waals surface area (Å²) in [4.78, 5) is 0. The van der Waals surface area contributed by atoms with Crippen molar-refractivity contribution < 1.29 is 14.0 Å². The Morgan fingerprint density at radius 1 is 1.38 bits per heavy atom. The molecule has 0 saturated heterocycles. The first kappa shape index (κ1) is 7.52. The summed E-state index contributed by atoms with van der Waals surface area (Å²) in [6, 6.07) is 0. The molecule has 0 spiro atoms. The normalized spacial score (nSPS) is 8.25. The first-order valence-corrected chi connectivity index (χ1v) is 2.17. The molecule has 46 valence electrons. The predicted octanol–water partition coefficient (Wildman–Crippen LogP) is 0.424. The molecule has 0 rings (SSSR count). The van der Waals surface area contributed by atoms with Gasteiger partial charge in [0.2, 0.25) is 0 Å². The van der Waals surface area contributed by atoms with Crippen molar-refractivity contribution in [1.29, 1.82) is 0 Å². The van der Waals surface area contributed by atoms with Crippen LogP contribution in [0.3, 0.4) is 0 Å². The molecule has 0 atom stereocenters. The lowest BCUT2D eigenvalue weighted by Gasteiger charge is -2.03. The van der Waals surface area contributed by atoms with E-state index in [9.17, 15) is 0 Å². The molecule has 0 aromatic heterocycles. The van der Waals surface area contributed by atoms with E-state index in [2.05, 4.69) is 20.5 Å². The number of hydrogen-bond donors (Lipinski definition) is 0. The van der Waals surface area contributed by atoms with Crippen LogP contribution >= 0.6 is 0 Å². The topological polar surface area (TPSA) is 27.7 Å². The zero-order valence-corrected chi connectivity index (χ0v) is 5.09. The van der Waals surface area contributed by atoms with E-state index in [-0.39, 0.29) is 0 Å². The molecular weight excluding hydrogens is 107 g/mol. The van der Waals surface area contributed by atoms with Crippen LogP contribution in [0, 0.1) is 0 Å². The molecule has 0 aliphatic rings. The van der Waals surface area contributed by atoms with Crippen LogP contribution < -0.4 is 0 Å². The minimum absolute atomic E-state index is 0.618. The van der Waals surface area contributed by atoms with Gasteiger partial charge in [0.15, 0.2) is 0 Å². The van der Waals surface area contributed by atoms with Crippen molar-refractivity contribution in [1.82, 2.24) is 0 Å². The van der Waals surface area contributed by atoms with Gasteiger partial charge in [0.25, 0.3) is 0 Å². The molecule has 0 heterocycles. The second-order valence-corrected chi connectivity index (χ2v) is 1.06. The van der Waals surface area contributed by atoms with E-state index in [1.807, 2.05) is 0 Å². The van der Waals surface area contributed by atoms with Gasteiger partial charge in [-0.15, -0.1) is 0 Å². The van der Waals surface area contributed by atoms with Crippen LogP contribution in [0.1, 0.15) is 0 Å². The summed E-state index contributed by atoms with van der Waals surface area (Å²) in [5.74, 6) is 0. The second kappa shape index (κ2) is 4.68. The Morgan fingerprint density at radius 3 is 2.00 bits per heavy atom. The fraction of sp³-hybridized carbons (Fsp3) is 0.500. The molecular formula is C4H9BO3. The fourth-order valence-electron chi connectivity index (χ4n) is 0.286. The van der Waals surface area contributed by atoms with Gasteiger partial charge >= 0.3 is 7.32 Å². The summed E-state index contributed by atoms with van der Waals surface area (Å²) in [5, 5.41) is 0. The maximum atomic E-state index is 4.66. The molecule has 0 aliphatic heterocycles. The molecule has 0 aromatic carbocycles. The monoisotopic (exact) mass is 116 g/mol. The van der Waals surface area contributed by atoms with E-state index < -0.39 is 7.32 Å². The average molecular weight is 116 g/mol. The Balaban J connectivity index is 3.20. The van der Waals surface area contributed by atoms with Crippen LogP contribution in [-0.2, 0) is 14.0 Å². The van der Waals surface area contributed by atoms with Gasteiger partial charge < -0.3 is 14.0 Å². The second-order valence-electron chi connectivity index (χ2n) is 1.06. The fourth-order valence-corrected chi connectivity index (χ4v) is 0.286. The van der Waals surface area contributed by atoms with Crippen molar-refractivity contribution >= 4 is 7.32 Å². The van der Waals surface area contributed by atoms with E-state index in [4.69, 9.17) is 0 Å². The first-order chi connectivity index (χ1) is 3.85. The first-order valence-electron chi connectivity index (χ1n) is 2.17. The summed E-state index contributed by atoms with van der Waals surface area (Å²) >= 11 is 0. The lowest BCUT2D eigenvalue weighted by molar-refractivity contribution is 0.182. The highest BCUT2D eigenvalue weighted by atomic mass is 16.7. The van der Waals surface area contributed by atoms with Gasteiger partial charge in [-0.25, -0.2) is 0 Å². The molecule has 0 radical (unpaired) electrons. The molecule has 0 unspecified atom stereocenters. The minimum Gasteiger partial charge on any atom is -0.519 e. The molecule has 0 aromatic rings. The molecule has 0 amide bonds. The molecule has 0 saturated carbocycles. The summed E-state index contributed by atoms with van der Waals surface area (Å²) < 4.78 is 13.9. The van der Waals surface area contributed by atoms with E-state index in [0.717, 1.165) is 0 Å². The number of rotatable bonds is 4. The zero-order chi connectivity index (χ0) is 6.41. The van der Waals surface area contributed by atoms with Crippen LogP contribution in [0.15, 0.2) is 12.8 Å². The summed E-state index contributed by atoms with van der Waals surface area (Å²) in [6.07, 6.45) is 1.26. The maximum Gasteiger partial charge on any atom is 0.712 e. The molecule has 0 bridgehead atoms. The van der Waals surface area contributed by atoms with Crippen LogP contribution in [-0.4, -0.2) is 21.5 Å². The van der Waals surface area contributed by atoms with E-state index >= 15 is 0 Å². The van der Waals surface area contributed by atoms with Crippen LogP contribution in [0.2, 0.25) is 0 Å². The van der Waals surface area contributed by atoms with E-state index in [1.54, 1.807) is 0 Å². The van der Waals surface area contributed by atoms with Crippen molar-refractivity contribution in [2.45, 2.75) is 0 Å². The van der Waals surface area contributed by atoms with Gasteiger partial charge in [0, 0.05) is 14.2 Å². The molecule has 0 fully saturated rings. The largest absolute Gasteiger partial charge is 0.712 e. The van der Waals surface area contributed by atoms with Crippen molar-refractivity contribution in [3.63, 3.8) is 0 Å². The maximum absolute atomic E-state index is 4.66. The molecule has 8 heavy (non-hydrogen) atoms. The Bertz CT molecular complexity index is 62.3. The molecule has 4 heteroatoms. The van der Waals surface area contributed by atoms with Gasteiger partial charge in [0.05, 0.1) is 6.26 Å². The standard InChI is InChI=1S/C4H9BO3/c1-4-8-5(6-2)7-3/h4H,1H2,2-3H3. The van der Waals surface area contributed by atoms with Crippen molar-refractivity contribution in [2.24, 2.45) is 0 Å². The van der Waals surface area contributed by atoms with Crippen molar-refractivity contribution in [3.05, 3.63) is 12.8 Å². The highest BCUT2D eigenvalue weighted by molar-refractivity contribution is 6.36. The SMILES string of the molecule is C=COB(OC)OC. The van der Waals surface area contributed by atoms with Crippen LogP contribution in [0.25, 0.3) is 0 Å². The lowest BCUT2D eigenvalue weighted by atomic mass is 10.2. The van der Waals surface area contributed by atoms with Crippen molar-refractivity contribution in [2.75, 3.05) is 14.2 Å². The third-order valence-electron chi connectivity index (χ3n) is 0.592. The number of hydrogen-bond acceptors (Lipinski definition) is 3. The average Bonchev–Trinajstić information content (AvgIpc) is 1.83. The summed E-state index contributed by atoms with van der Waals surface area (Å²) in [6.45, 7) is 3.31. The summed E-state index contributed by atoms with van der Waals surface area (Å²) in [5.41, 5.74) is 0. The highest BCUT2D eigenvalue weighted by Gasteiger charge is 2.15. The Morgan fingerprint density at radius 2 is 1.88 bits per heavy atom. The van der Waals surface area contributed by atoms with Gasteiger partial charge in [-0.1, -0.05) is 6.58 Å². The van der Waals surface area contributed by atoms with Gasteiger partial charge in [-0.2, -0.15) is 0 Å². The smallest absolute Gasteiger partial charge is 0.519 e. The zero-order valence-electron chi connectivity index (χ0n) is 5.09. The van der Waals surface area contributed by atoms with Crippen LogP contribution in [0.5, 0.6) is 0 Å².